The molecular formula is C23H19FN4. The summed E-state index contributed by atoms with van der Waals surface area (Å²) in [6.07, 6.45) is 1.84. The van der Waals surface area contributed by atoms with Crippen LogP contribution in [0.4, 0.5) is 4.39 Å². The normalized spacial score (nSPS) is 11.8. The number of hydrogen-bond acceptors (Lipinski definition) is 2. The number of nitrogens with zero attached hydrogens (tertiary/aromatic N) is 3. The Balaban J connectivity index is 1.79. The Morgan fingerprint density at radius 1 is 1.11 bits per heavy atom. The lowest BCUT2D eigenvalue weighted by Crippen LogP contribution is -1.99. The number of rotatable bonds is 3. The van der Waals surface area contributed by atoms with Gasteiger partial charge in [0.05, 0.1) is 16.6 Å². The van der Waals surface area contributed by atoms with Gasteiger partial charge < -0.3 is 9.55 Å². The van der Waals surface area contributed by atoms with Gasteiger partial charge in [-0.1, -0.05) is 6.07 Å². The first-order chi connectivity index (χ1) is 13.5. The molecule has 138 valence electrons. The number of aryl methyl sites for hydroxylation is 2. The van der Waals surface area contributed by atoms with Crippen LogP contribution in [0.2, 0.25) is 0 Å². The molecule has 4 rings (SSSR count). The first-order valence-electron chi connectivity index (χ1n) is 8.99. The molecule has 0 radical (unpaired) electrons. The van der Waals surface area contributed by atoms with Crippen molar-refractivity contribution in [3.63, 3.8) is 0 Å². The lowest BCUT2D eigenvalue weighted by atomic mass is 10.1. The molecule has 0 saturated carbocycles. The second kappa shape index (κ2) is 6.82. The fraction of sp³-hybridized carbons (Fsp3) is 0.130. The fourth-order valence-electron chi connectivity index (χ4n) is 3.48. The number of fused-ring (bicyclic) bond motifs is 1. The number of H-pyrrole nitrogens is 1. The molecule has 0 bridgehead atoms. The van der Waals surface area contributed by atoms with E-state index in [-0.39, 0.29) is 5.82 Å². The van der Waals surface area contributed by atoms with Crippen LogP contribution >= 0.6 is 0 Å². The highest BCUT2D eigenvalue weighted by atomic mass is 19.1. The average molecular weight is 370 g/mol. The summed E-state index contributed by atoms with van der Waals surface area (Å²) in [5, 5.41) is 9.71. The minimum absolute atomic E-state index is 0.266. The predicted molar refractivity (Wildman–Crippen MR) is 110 cm³/mol. The molecule has 4 nitrogen and oxygen atoms in total. The van der Waals surface area contributed by atoms with Gasteiger partial charge in [0.25, 0.3) is 0 Å². The maximum Gasteiger partial charge on any atom is 0.149 e. The Kier molecular flexibility index (Phi) is 4.32. The molecule has 0 fully saturated rings. The van der Waals surface area contributed by atoms with Crippen molar-refractivity contribution in [1.82, 2.24) is 14.5 Å². The van der Waals surface area contributed by atoms with Crippen LogP contribution in [0, 0.1) is 37.9 Å². The Labute approximate surface area is 162 Å². The van der Waals surface area contributed by atoms with Crippen LogP contribution in [0.25, 0.3) is 28.4 Å². The SMILES string of the molecule is Cc1ccc2nc(C(C#N)=Cc3cc(C)n(-c4ccc(F)cc4)c3C)[nH]c2c1. The number of nitrogens with one attached hydrogen (secondary N) is 1. The summed E-state index contributed by atoms with van der Waals surface area (Å²) in [5.74, 6) is 0.285. The number of aromatic nitrogens is 3. The molecule has 0 aliphatic carbocycles. The van der Waals surface area contributed by atoms with Crippen molar-refractivity contribution < 1.29 is 4.39 Å². The second-order valence-corrected chi connectivity index (χ2v) is 6.91. The highest BCUT2D eigenvalue weighted by Crippen LogP contribution is 2.26. The summed E-state index contributed by atoms with van der Waals surface area (Å²) in [6, 6.07) is 16.6. The molecule has 0 aliphatic rings. The number of halogens is 1. The third-order valence-electron chi connectivity index (χ3n) is 4.87. The lowest BCUT2D eigenvalue weighted by Gasteiger charge is -2.09. The van der Waals surface area contributed by atoms with Crippen molar-refractivity contribution in [3.8, 4) is 11.8 Å². The van der Waals surface area contributed by atoms with Crippen LogP contribution in [0.1, 0.15) is 28.3 Å². The molecule has 0 atom stereocenters. The standard InChI is InChI=1S/C23H19FN4/c1-14-4-9-21-22(10-14)27-23(26-21)18(13-25)12-17-11-15(2)28(16(17)3)20-7-5-19(24)6-8-20/h4-12H,1-3H3,(H,26,27). The lowest BCUT2D eigenvalue weighted by molar-refractivity contribution is 0.627. The van der Waals surface area contributed by atoms with Crippen LogP contribution in [-0.2, 0) is 0 Å². The van der Waals surface area contributed by atoms with E-state index < -0.39 is 0 Å². The summed E-state index contributed by atoms with van der Waals surface area (Å²) >= 11 is 0. The predicted octanol–water partition coefficient (Wildman–Crippen LogP) is 5.48. The van der Waals surface area contributed by atoms with E-state index in [1.165, 1.54) is 12.1 Å². The van der Waals surface area contributed by atoms with Gasteiger partial charge in [0.2, 0.25) is 0 Å². The molecule has 0 spiro atoms. The van der Waals surface area contributed by atoms with E-state index in [4.69, 9.17) is 0 Å². The summed E-state index contributed by atoms with van der Waals surface area (Å²) in [6.45, 7) is 5.99. The minimum atomic E-state index is -0.266. The molecule has 5 heteroatoms. The zero-order valence-electron chi connectivity index (χ0n) is 15.9. The van der Waals surface area contributed by atoms with Crippen molar-refractivity contribution >= 4 is 22.7 Å². The van der Waals surface area contributed by atoms with Gasteiger partial charge in [-0.25, -0.2) is 9.37 Å². The highest BCUT2D eigenvalue weighted by Gasteiger charge is 2.13. The third kappa shape index (κ3) is 3.10. The van der Waals surface area contributed by atoms with Crippen molar-refractivity contribution in [2.24, 2.45) is 0 Å². The van der Waals surface area contributed by atoms with E-state index in [2.05, 4.69) is 16.0 Å². The number of aromatic amines is 1. The second-order valence-electron chi connectivity index (χ2n) is 6.91. The molecule has 0 unspecified atom stereocenters. The number of nitriles is 1. The summed E-state index contributed by atoms with van der Waals surface area (Å²) in [4.78, 5) is 7.79. The maximum atomic E-state index is 13.3. The Morgan fingerprint density at radius 3 is 2.57 bits per heavy atom. The first kappa shape index (κ1) is 17.7. The van der Waals surface area contributed by atoms with Crippen molar-refractivity contribution in [2.45, 2.75) is 20.8 Å². The van der Waals surface area contributed by atoms with Crippen molar-refractivity contribution in [3.05, 3.63) is 82.7 Å². The fourth-order valence-corrected chi connectivity index (χ4v) is 3.48. The van der Waals surface area contributed by atoms with Gasteiger partial charge >= 0.3 is 0 Å². The van der Waals surface area contributed by atoms with E-state index in [0.29, 0.717) is 11.4 Å². The molecular weight excluding hydrogens is 351 g/mol. The molecule has 2 heterocycles. The summed E-state index contributed by atoms with van der Waals surface area (Å²) in [7, 11) is 0. The van der Waals surface area contributed by atoms with Gasteiger partial charge in [0, 0.05) is 17.1 Å². The molecule has 28 heavy (non-hydrogen) atoms. The zero-order chi connectivity index (χ0) is 19.8. The molecule has 0 amide bonds. The summed E-state index contributed by atoms with van der Waals surface area (Å²) in [5.41, 5.74) is 7.13. The Hall–Kier alpha value is -3.65. The average Bonchev–Trinajstić information content (AvgIpc) is 3.20. The van der Waals surface area contributed by atoms with E-state index in [9.17, 15) is 9.65 Å². The number of hydrogen-bond donors (Lipinski definition) is 1. The maximum absolute atomic E-state index is 13.3. The Bertz CT molecular complexity index is 1250. The van der Waals surface area contributed by atoms with E-state index in [1.54, 1.807) is 12.1 Å². The van der Waals surface area contributed by atoms with E-state index in [0.717, 1.165) is 39.2 Å². The smallest absolute Gasteiger partial charge is 0.149 e. The molecule has 2 aromatic carbocycles. The van der Waals surface area contributed by atoms with Crippen LogP contribution < -0.4 is 0 Å². The quantitative estimate of drug-likeness (QED) is 0.485. The van der Waals surface area contributed by atoms with Gasteiger partial charge in [-0.2, -0.15) is 5.26 Å². The number of imidazole rings is 1. The highest BCUT2D eigenvalue weighted by molar-refractivity contribution is 5.91. The zero-order valence-corrected chi connectivity index (χ0v) is 15.9. The van der Waals surface area contributed by atoms with Crippen LogP contribution in [-0.4, -0.2) is 14.5 Å². The topological polar surface area (TPSA) is 57.4 Å². The minimum Gasteiger partial charge on any atom is -0.337 e. The van der Waals surface area contributed by atoms with E-state index >= 15 is 0 Å². The molecule has 1 N–H and O–H groups in total. The number of allylic oxidation sites excluding steroid dienone is 1. The van der Waals surface area contributed by atoms with Crippen molar-refractivity contribution in [2.75, 3.05) is 0 Å². The van der Waals surface area contributed by atoms with Gasteiger partial charge in [0.15, 0.2) is 0 Å². The molecule has 0 saturated heterocycles. The van der Waals surface area contributed by atoms with E-state index in [1.807, 2.05) is 55.7 Å². The molecule has 2 aromatic heterocycles. The monoisotopic (exact) mass is 370 g/mol. The number of benzene rings is 2. The first-order valence-corrected chi connectivity index (χ1v) is 8.99. The summed E-state index contributed by atoms with van der Waals surface area (Å²) < 4.78 is 15.3. The molecule has 0 aliphatic heterocycles. The van der Waals surface area contributed by atoms with Gasteiger partial charge in [-0.3, -0.25) is 0 Å². The Morgan fingerprint density at radius 2 is 1.86 bits per heavy atom. The van der Waals surface area contributed by atoms with Crippen molar-refractivity contribution in [1.29, 1.82) is 5.26 Å². The molecule has 4 aromatic rings. The van der Waals surface area contributed by atoms with Crippen LogP contribution in [0.3, 0.4) is 0 Å². The van der Waals surface area contributed by atoms with Crippen LogP contribution in [0.15, 0.2) is 48.5 Å². The van der Waals surface area contributed by atoms with Gasteiger partial charge in [0.1, 0.15) is 17.7 Å². The van der Waals surface area contributed by atoms with Gasteiger partial charge in [-0.15, -0.1) is 0 Å². The van der Waals surface area contributed by atoms with Crippen LogP contribution in [0.5, 0.6) is 0 Å². The third-order valence-corrected chi connectivity index (χ3v) is 4.87. The largest absolute Gasteiger partial charge is 0.337 e. The van der Waals surface area contributed by atoms with Gasteiger partial charge in [-0.05, 0) is 80.4 Å².